The first-order valence-electron chi connectivity index (χ1n) is 11.8. The van der Waals surface area contributed by atoms with Crippen molar-refractivity contribution in [3.05, 3.63) is 65.0 Å². The van der Waals surface area contributed by atoms with Crippen LogP contribution < -0.4 is 15.0 Å². The molecule has 0 spiro atoms. The molecule has 1 fully saturated rings. The Morgan fingerprint density at radius 3 is 2.44 bits per heavy atom. The number of piperazine rings is 1. The third-order valence-corrected chi connectivity index (χ3v) is 6.67. The van der Waals surface area contributed by atoms with E-state index in [1.165, 1.54) is 0 Å². The van der Waals surface area contributed by atoms with E-state index in [-0.39, 0.29) is 11.9 Å². The molecule has 1 N–H and O–H groups in total. The Hall–Kier alpha value is -3.32. The van der Waals surface area contributed by atoms with Crippen molar-refractivity contribution in [3.63, 3.8) is 0 Å². The second-order valence-corrected chi connectivity index (χ2v) is 9.28. The van der Waals surface area contributed by atoms with Crippen LogP contribution in [0.5, 0.6) is 5.75 Å². The second-order valence-electron chi connectivity index (χ2n) is 9.28. The van der Waals surface area contributed by atoms with Crippen molar-refractivity contribution >= 4 is 11.6 Å². The maximum atomic E-state index is 13.3. The van der Waals surface area contributed by atoms with Gasteiger partial charge in [-0.05, 0) is 74.8 Å². The van der Waals surface area contributed by atoms with E-state index in [4.69, 9.17) is 4.74 Å². The van der Waals surface area contributed by atoms with Gasteiger partial charge in [-0.2, -0.15) is 5.10 Å². The molecule has 0 bridgehead atoms. The summed E-state index contributed by atoms with van der Waals surface area (Å²) in [6.45, 7) is 9.99. The van der Waals surface area contributed by atoms with Crippen LogP contribution in [0.4, 0.5) is 5.69 Å². The number of aromatic nitrogens is 2. The molecule has 0 saturated carbocycles. The lowest BCUT2D eigenvalue weighted by atomic mass is 9.99. The zero-order chi connectivity index (χ0) is 24.4. The molecular formula is C27H35N5O2. The monoisotopic (exact) mass is 461 g/mol. The largest absolute Gasteiger partial charge is 0.497 e. The minimum absolute atomic E-state index is 0.0668. The van der Waals surface area contributed by atoms with Gasteiger partial charge in [0.25, 0.3) is 5.91 Å². The number of carbonyl (C=O) groups is 1. The molecule has 2 aromatic carbocycles. The highest BCUT2D eigenvalue weighted by Crippen LogP contribution is 2.31. The summed E-state index contributed by atoms with van der Waals surface area (Å²) in [5.41, 5.74) is 6.81. The smallest absolute Gasteiger partial charge is 0.252 e. The third kappa shape index (κ3) is 5.09. The van der Waals surface area contributed by atoms with Gasteiger partial charge < -0.3 is 19.9 Å². The molecule has 1 saturated heterocycles. The predicted molar refractivity (Wildman–Crippen MR) is 137 cm³/mol. The number of methoxy groups -OCH3 is 1. The molecule has 1 atom stereocenters. The summed E-state index contributed by atoms with van der Waals surface area (Å²) in [4.78, 5) is 18.0. The first kappa shape index (κ1) is 23.8. The molecule has 180 valence electrons. The Bertz CT molecular complexity index is 1180. The average molecular weight is 462 g/mol. The van der Waals surface area contributed by atoms with Gasteiger partial charge in [0.1, 0.15) is 5.75 Å². The Balaban J connectivity index is 1.56. The normalized spacial score (nSPS) is 15.3. The van der Waals surface area contributed by atoms with Crippen molar-refractivity contribution in [2.45, 2.75) is 26.8 Å². The Labute approximate surface area is 202 Å². The lowest BCUT2D eigenvalue weighted by Crippen LogP contribution is -2.44. The number of amides is 1. The molecule has 4 rings (SSSR count). The molecule has 34 heavy (non-hydrogen) atoms. The fourth-order valence-electron chi connectivity index (χ4n) is 4.50. The highest BCUT2D eigenvalue weighted by Gasteiger charge is 2.19. The molecule has 1 amide bonds. The van der Waals surface area contributed by atoms with Gasteiger partial charge >= 0.3 is 0 Å². The van der Waals surface area contributed by atoms with Crippen LogP contribution in [0.2, 0.25) is 0 Å². The highest BCUT2D eigenvalue weighted by atomic mass is 16.5. The topological polar surface area (TPSA) is 62.6 Å². The SMILES string of the molecule is COc1cc(-c2cn(C)nc2C)cc([C@@H](C)NC(=O)c2cc(N3CCN(C)CC3)ccc2C)c1. The average Bonchev–Trinajstić information content (AvgIpc) is 3.17. The van der Waals surface area contributed by atoms with Crippen LogP contribution in [0.1, 0.15) is 40.1 Å². The summed E-state index contributed by atoms with van der Waals surface area (Å²) in [5.74, 6) is 0.688. The predicted octanol–water partition coefficient (Wildman–Crippen LogP) is 3.96. The van der Waals surface area contributed by atoms with E-state index in [1.807, 2.05) is 63.0 Å². The van der Waals surface area contributed by atoms with Gasteiger partial charge in [0.2, 0.25) is 0 Å². The summed E-state index contributed by atoms with van der Waals surface area (Å²) in [5, 5.41) is 7.66. The summed E-state index contributed by atoms with van der Waals surface area (Å²) in [6, 6.07) is 12.1. The van der Waals surface area contributed by atoms with E-state index in [0.29, 0.717) is 0 Å². The zero-order valence-electron chi connectivity index (χ0n) is 21.1. The van der Waals surface area contributed by atoms with E-state index < -0.39 is 0 Å². The fraction of sp³-hybridized carbons (Fsp3) is 0.407. The van der Waals surface area contributed by atoms with Gasteiger partial charge in [-0.25, -0.2) is 0 Å². The number of hydrogen-bond donors (Lipinski definition) is 1. The number of carbonyl (C=O) groups excluding carboxylic acids is 1. The molecule has 7 nitrogen and oxygen atoms in total. The number of benzene rings is 2. The summed E-state index contributed by atoms with van der Waals surface area (Å²) < 4.78 is 7.37. The van der Waals surface area contributed by atoms with Crippen LogP contribution in [0, 0.1) is 13.8 Å². The van der Waals surface area contributed by atoms with Gasteiger partial charge in [0, 0.05) is 56.2 Å². The van der Waals surface area contributed by atoms with Crippen LogP contribution in [0.3, 0.4) is 0 Å². The van der Waals surface area contributed by atoms with E-state index >= 15 is 0 Å². The van der Waals surface area contributed by atoms with Gasteiger partial charge in [0.05, 0.1) is 18.8 Å². The van der Waals surface area contributed by atoms with E-state index in [9.17, 15) is 4.79 Å². The van der Waals surface area contributed by atoms with Crippen molar-refractivity contribution in [2.24, 2.45) is 7.05 Å². The van der Waals surface area contributed by atoms with Crippen LogP contribution in [-0.4, -0.2) is 60.9 Å². The van der Waals surface area contributed by atoms with Crippen LogP contribution >= 0.6 is 0 Å². The van der Waals surface area contributed by atoms with Gasteiger partial charge in [-0.1, -0.05) is 6.07 Å². The van der Waals surface area contributed by atoms with E-state index in [0.717, 1.165) is 71.1 Å². The van der Waals surface area contributed by atoms with Crippen LogP contribution in [-0.2, 0) is 7.05 Å². The van der Waals surface area contributed by atoms with Gasteiger partial charge in [-0.15, -0.1) is 0 Å². The molecular weight excluding hydrogens is 426 g/mol. The number of nitrogens with one attached hydrogen (secondary N) is 1. The Kier molecular flexibility index (Phi) is 6.93. The number of rotatable bonds is 6. The molecule has 1 aromatic heterocycles. The zero-order valence-corrected chi connectivity index (χ0v) is 21.1. The molecule has 0 unspecified atom stereocenters. The Morgan fingerprint density at radius 1 is 1.06 bits per heavy atom. The summed E-state index contributed by atoms with van der Waals surface area (Å²) in [6.07, 6.45) is 2.00. The van der Waals surface area contributed by atoms with Crippen molar-refractivity contribution in [2.75, 3.05) is 45.2 Å². The van der Waals surface area contributed by atoms with Gasteiger partial charge in [-0.3, -0.25) is 9.48 Å². The van der Waals surface area contributed by atoms with Crippen LogP contribution in [0.25, 0.3) is 11.1 Å². The van der Waals surface area contributed by atoms with Crippen molar-refractivity contribution in [3.8, 4) is 16.9 Å². The van der Waals surface area contributed by atoms with E-state index in [1.54, 1.807) is 7.11 Å². The Morgan fingerprint density at radius 2 is 1.79 bits per heavy atom. The molecule has 3 aromatic rings. The van der Waals surface area contributed by atoms with Crippen molar-refractivity contribution in [1.82, 2.24) is 20.0 Å². The van der Waals surface area contributed by atoms with Gasteiger partial charge in [0.15, 0.2) is 0 Å². The molecule has 7 heteroatoms. The lowest BCUT2D eigenvalue weighted by molar-refractivity contribution is 0.0939. The summed E-state index contributed by atoms with van der Waals surface area (Å²) >= 11 is 0. The molecule has 2 heterocycles. The molecule has 1 aliphatic heterocycles. The quantitative estimate of drug-likeness (QED) is 0.602. The van der Waals surface area contributed by atoms with E-state index in [2.05, 4.69) is 39.4 Å². The standard InChI is InChI=1S/C27H35N5O2/c1-18-7-8-23(32-11-9-30(4)10-12-32)16-25(18)27(33)28-19(2)21-13-22(15-24(14-21)34-6)26-17-31(5)29-20(26)3/h7-8,13-17,19H,9-12H2,1-6H3,(H,28,33)/t19-/m1/s1. The van der Waals surface area contributed by atoms with Crippen molar-refractivity contribution < 1.29 is 9.53 Å². The third-order valence-electron chi connectivity index (χ3n) is 6.67. The molecule has 1 aliphatic rings. The number of hydrogen-bond acceptors (Lipinski definition) is 5. The number of ether oxygens (including phenoxy) is 1. The second kappa shape index (κ2) is 9.89. The maximum Gasteiger partial charge on any atom is 0.252 e. The number of nitrogens with zero attached hydrogens (tertiary/aromatic N) is 4. The first-order valence-corrected chi connectivity index (χ1v) is 11.8. The number of anilines is 1. The lowest BCUT2D eigenvalue weighted by Gasteiger charge is -2.34. The number of aryl methyl sites for hydroxylation is 3. The minimum Gasteiger partial charge on any atom is -0.497 e. The molecule has 0 radical (unpaired) electrons. The highest BCUT2D eigenvalue weighted by molar-refractivity contribution is 5.97. The van der Waals surface area contributed by atoms with Crippen molar-refractivity contribution in [1.29, 1.82) is 0 Å². The molecule has 0 aliphatic carbocycles. The number of likely N-dealkylation sites (N-methyl/N-ethyl adjacent to an activating group) is 1. The van der Waals surface area contributed by atoms with Crippen LogP contribution in [0.15, 0.2) is 42.6 Å². The fourth-order valence-corrected chi connectivity index (χ4v) is 4.50. The minimum atomic E-state index is -0.190. The first-order chi connectivity index (χ1) is 16.2. The summed E-state index contributed by atoms with van der Waals surface area (Å²) in [7, 11) is 5.72. The maximum absolute atomic E-state index is 13.3.